The van der Waals surface area contributed by atoms with Crippen molar-refractivity contribution < 1.29 is 4.79 Å². The van der Waals surface area contributed by atoms with Crippen LogP contribution in [-0.2, 0) is 4.79 Å². The first-order chi connectivity index (χ1) is 7.17. The summed E-state index contributed by atoms with van der Waals surface area (Å²) in [4.78, 5) is 11.6. The summed E-state index contributed by atoms with van der Waals surface area (Å²) < 4.78 is 0. The molecule has 0 aromatic carbocycles. The summed E-state index contributed by atoms with van der Waals surface area (Å²) in [5.41, 5.74) is 0.0220. The molecule has 0 saturated heterocycles. The first-order valence-corrected chi connectivity index (χ1v) is 6.74. The van der Waals surface area contributed by atoms with Gasteiger partial charge in [-0.15, -0.1) is 0 Å². The van der Waals surface area contributed by atoms with Gasteiger partial charge in [0, 0.05) is 5.41 Å². The van der Waals surface area contributed by atoms with Gasteiger partial charge in [-0.2, -0.15) is 0 Å². The molecule has 0 saturated carbocycles. The van der Waals surface area contributed by atoms with E-state index in [1.807, 2.05) is 0 Å². The third-order valence-corrected chi connectivity index (χ3v) is 3.87. The maximum atomic E-state index is 11.6. The Hall–Kier alpha value is -0.0400. The minimum absolute atomic E-state index is 0.154. The van der Waals surface area contributed by atoms with Crippen LogP contribution in [0.15, 0.2) is 0 Å². The summed E-state index contributed by atoms with van der Waals surface area (Å²) in [5, 5.41) is -0.154. The monoisotopic (exact) mass is 246 g/mol. The lowest BCUT2D eigenvalue weighted by Crippen LogP contribution is -2.29. The van der Waals surface area contributed by atoms with E-state index in [4.69, 9.17) is 11.6 Å². The standard InChI is InChI=1S/C14H27ClO/c1-7-14(8-2,12(15)16)10-11(3)9-13(4,5)6/h11H,7-10H2,1-6H3. The second-order valence-electron chi connectivity index (χ2n) is 6.34. The summed E-state index contributed by atoms with van der Waals surface area (Å²) in [6.45, 7) is 13.1. The second-order valence-corrected chi connectivity index (χ2v) is 6.68. The maximum absolute atomic E-state index is 11.6. The van der Waals surface area contributed by atoms with Crippen molar-refractivity contribution in [3.63, 3.8) is 0 Å². The molecule has 0 heterocycles. The smallest absolute Gasteiger partial charge is 0.227 e. The number of hydrogen-bond donors (Lipinski definition) is 0. The molecule has 1 atom stereocenters. The highest BCUT2D eigenvalue weighted by Gasteiger charge is 2.35. The van der Waals surface area contributed by atoms with Gasteiger partial charge in [0.25, 0.3) is 0 Å². The van der Waals surface area contributed by atoms with Crippen LogP contribution in [0, 0.1) is 16.7 Å². The van der Waals surface area contributed by atoms with Crippen LogP contribution in [0.4, 0.5) is 0 Å². The summed E-state index contributed by atoms with van der Waals surface area (Å²) >= 11 is 5.78. The Bertz CT molecular complexity index is 223. The van der Waals surface area contributed by atoms with Gasteiger partial charge in [0.05, 0.1) is 0 Å². The fraction of sp³-hybridized carbons (Fsp3) is 0.929. The van der Waals surface area contributed by atoms with Gasteiger partial charge in [0.1, 0.15) is 0 Å². The zero-order valence-corrected chi connectivity index (χ0v) is 12.4. The van der Waals surface area contributed by atoms with Crippen molar-refractivity contribution in [2.24, 2.45) is 16.7 Å². The molecule has 1 unspecified atom stereocenters. The third kappa shape index (κ3) is 4.86. The quantitative estimate of drug-likeness (QED) is 0.602. The lowest BCUT2D eigenvalue weighted by atomic mass is 9.73. The molecule has 16 heavy (non-hydrogen) atoms. The summed E-state index contributed by atoms with van der Waals surface area (Å²) in [6, 6.07) is 0. The molecule has 0 spiro atoms. The highest BCUT2D eigenvalue weighted by atomic mass is 35.5. The number of halogens is 1. The number of carbonyl (C=O) groups is 1. The van der Waals surface area contributed by atoms with Crippen LogP contribution in [0.3, 0.4) is 0 Å². The Morgan fingerprint density at radius 2 is 1.56 bits per heavy atom. The molecule has 0 rings (SSSR count). The first kappa shape index (κ1) is 16.0. The summed E-state index contributed by atoms with van der Waals surface area (Å²) in [7, 11) is 0. The SMILES string of the molecule is CCC(CC)(CC(C)CC(C)(C)C)C(=O)Cl. The molecule has 2 heteroatoms. The van der Waals surface area contributed by atoms with E-state index < -0.39 is 0 Å². The molecule has 0 aliphatic carbocycles. The van der Waals surface area contributed by atoms with Crippen molar-refractivity contribution >= 4 is 16.8 Å². The Balaban J connectivity index is 4.58. The van der Waals surface area contributed by atoms with E-state index in [1.54, 1.807) is 0 Å². The molecule has 0 bridgehead atoms. The van der Waals surface area contributed by atoms with Gasteiger partial charge in [0.2, 0.25) is 5.24 Å². The fourth-order valence-corrected chi connectivity index (χ4v) is 3.03. The van der Waals surface area contributed by atoms with Gasteiger partial charge < -0.3 is 0 Å². The van der Waals surface area contributed by atoms with E-state index in [-0.39, 0.29) is 10.7 Å². The van der Waals surface area contributed by atoms with E-state index in [0.29, 0.717) is 11.3 Å². The average molecular weight is 247 g/mol. The highest BCUT2D eigenvalue weighted by molar-refractivity contribution is 6.64. The van der Waals surface area contributed by atoms with Crippen LogP contribution >= 0.6 is 11.6 Å². The van der Waals surface area contributed by atoms with Gasteiger partial charge in [-0.3, -0.25) is 4.79 Å². The largest absolute Gasteiger partial charge is 0.281 e. The van der Waals surface area contributed by atoms with E-state index in [2.05, 4.69) is 41.5 Å². The molecular weight excluding hydrogens is 220 g/mol. The molecule has 0 aliphatic heterocycles. The summed E-state index contributed by atoms with van der Waals surface area (Å²) in [6.07, 6.45) is 3.75. The van der Waals surface area contributed by atoms with Crippen molar-refractivity contribution in [1.29, 1.82) is 0 Å². The fourth-order valence-electron chi connectivity index (χ4n) is 2.68. The van der Waals surface area contributed by atoms with Crippen molar-refractivity contribution in [3.8, 4) is 0 Å². The van der Waals surface area contributed by atoms with Crippen LogP contribution in [-0.4, -0.2) is 5.24 Å². The van der Waals surface area contributed by atoms with Crippen molar-refractivity contribution in [3.05, 3.63) is 0 Å². The van der Waals surface area contributed by atoms with Crippen molar-refractivity contribution in [1.82, 2.24) is 0 Å². The van der Waals surface area contributed by atoms with Crippen LogP contribution in [0.1, 0.15) is 67.2 Å². The van der Waals surface area contributed by atoms with Gasteiger partial charge in [0.15, 0.2) is 0 Å². The topological polar surface area (TPSA) is 17.1 Å². The maximum Gasteiger partial charge on any atom is 0.227 e. The van der Waals surface area contributed by atoms with Crippen molar-refractivity contribution in [2.45, 2.75) is 67.2 Å². The highest BCUT2D eigenvalue weighted by Crippen LogP contribution is 2.39. The van der Waals surface area contributed by atoms with Crippen molar-refractivity contribution in [2.75, 3.05) is 0 Å². The molecule has 0 aromatic heterocycles. The number of hydrogen-bond acceptors (Lipinski definition) is 1. The van der Waals surface area contributed by atoms with Gasteiger partial charge in [-0.05, 0) is 48.6 Å². The molecular formula is C14H27ClO. The average Bonchev–Trinajstić information content (AvgIpc) is 2.10. The lowest BCUT2D eigenvalue weighted by molar-refractivity contribution is -0.122. The lowest BCUT2D eigenvalue weighted by Gasteiger charge is -2.33. The zero-order chi connectivity index (χ0) is 13.0. The third-order valence-electron chi connectivity index (χ3n) is 3.47. The molecule has 0 amide bonds. The van der Waals surface area contributed by atoms with Gasteiger partial charge in [-0.1, -0.05) is 41.5 Å². The molecule has 0 aromatic rings. The Morgan fingerprint density at radius 1 is 1.12 bits per heavy atom. The molecule has 0 N–H and O–H groups in total. The van der Waals surface area contributed by atoms with Crippen LogP contribution in [0.5, 0.6) is 0 Å². The second kappa shape index (κ2) is 6.05. The van der Waals surface area contributed by atoms with E-state index in [9.17, 15) is 4.79 Å². The molecule has 0 fully saturated rings. The first-order valence-electron chi connectivity index (χ1n) is 6.37. The Kier molecular flexibility index (Phi) is 6.03. The predicted octanol–water partition coefficient (Wildman–Crippen LogP) is 5.02. The molecule has 1 nitrogen and oxygen atoms in total. The van der Waals surface area contributed by atoms with Crippen LogP contribution in [0.2, 0.25) is 0 Å². The normalized spacial score (nSPS) is 14.9. The summed E-state index contributed by atoms with van der Waals surface area (Å²) in [5.74, 6) is 0.544. The van der Waals surface area contributed by atoms with E-state index >= 15 is 0 Å². The number of carbonyl (C=O) groups excluding carboxylic acids is 1. The molecule has 0 aliphatic rings. The number of rotatable bonds is 6. The Labute approximate surface area is 106 Å². The van der Waals surface area contributed by atoms with Gasteiger partial charge in [-0.25, -0.2) is 0 Å². The minimum atomic E-state index is -0.299. The Morgan fingerprint density at radius 3 is 1.81 bits per heavy atom. The zero-order valence-electron chi connectivity index (χ0n) is 11.7. The molecule has 96 valence electrons. The van der Waals surface area contributed by atoms with E-state index in [1.165, 1.54) is 0 Å². The van der Waals surface area contributed by atoms with Crippen LogP contribution in [0.25, 0.3) is 0 Å². The van der Waals surface area contributed by atoms with Crippen LogP contribution < -0.4 is 0 Å². The van der Waals surface area contributed by atoms with E-state index in [0.717, 1.165) is 25.7 Å². The molecule has 0 radical (unpaired) electrons. The van der Waals surface area contributed by atoms with Gasteiger partial charge >= 0.3 is 0 Å². The minimum Gasteiger partial charge on any atom is -0.281 e. The predicted molar refractivity (Wildman–Crippen MR) is 71.7 cm³/mol.